The Kier molecular flexibility index (Phi) is 6.28. The van der Waals surface area contributed by atoms with Crippen LogP contribution >= 0.6 is 0 Å². The second-order valence-corrected chi connectivity index (χ2v) is 7.80. The minimum absolute atomic E-state index is 0.0253. The molecule has 0 spiro atoms. The Bertz CT molecular complexity index is 1020. The van der Waals surface area contributed by atoms with Crippen molar-refractivity contribution in [1.82, 2.24) is 10.2 Å². The fraction of sp³-hybridized carbons (Fsp3) is 0.320. The van der Waals surface area contributed by atoms with Crippen molar-refractivity contribution < 1.29 is 18.7 Å². The molecule has 1 aromatic heterocycles. The van der Waals surface area contributed by atoms with Crippen molar-refractivity contribution in [1.29, 1.82) is 0 Å². The fourth-order valence-corrected chi connectivity index (χ4v) is 4.37. The van der Waals surface area contributed by atoms with Gasteiger partial charge >= 0.3 is 0 Å². The molecule has 0 saturated carbocycles. The molecule has 1 amide bonds. The zero-order valence-electron chi connectivity index (χ0n) is 18.1. The lowest BCUT2D eigenvalue weighted by molar-refractivity contribution is 0.0850. The molecule has 1 aliphatic heterocycles. The van der Waals surface area contributed by atoms with E-state index in [0.29, 0.717) is 11.5 Å². The topological polar surface area (TPSA) is 63.9 Å². The fourth-order valence-electron chi connectivity index (χ4n) is 4.37. The number of nitrogens with zero attached hydrogens (tertiary/aromatic N) is 1. The molecule has 0 radical (unpaired) electrons. The van der Waals surface area contributed by atoms with Gasteiger partial charge in [-0.2, -0.15) is 0 Å². The average molecular weight is 421 g/mol. The lowest BCUT2D eigenvalue weighted by Gasteiger charge is -2.41. The van der Waals surface area contributed by atoms with Gasteiger partial charge in [-0.05, 0) is 54.3 Å². The first-order chi connectivity index (χ1) is 15.1. The van der Waals surface area contributed by atoms with E-state index in [4.69, 9.17) is 13.9 Å². The SMILES string of the molecule is COc1cc2c(cc1OC)[C@@H]([C@H](C)NC(=O)c1ccco1)N(Cc1ccccc1)CC2. The van der Waals surface area contributed by atoms with Crippen molar-refractivity contribution in [2.45, 2.75) is 32.0 Å². The van der Waals surface area contributed by atoms with Crippen LogP contribution in [0.5, 0.6) is 11.5 Å². The van der Waals surface area contributed by atoms with Crippen molar-refractivity contribution in [3.05, 3.63) is 83.3 Å². The molecule has 0 unspecified atom stereocenters. The van der Waals surface area contributed by atoms with Gasteiger partial charge in [-0.15, -0.1) is 0 Å². The highest BCUT2D eigenvalue weighted by atomic mass is 16.5. The van der Waals surface area contributed by atoms with Crippen LogP contribution in [0.4, 0.5) is 0 Å². The number of carbonyl (C=O) groups is 1. The van der Waals surface area contributed by atoms with E-state index in [1.807, 2.05) is 19.1 Å². The molecule has 162 valence electrons. The standard InChI is InChI=1S/C25H28N2O4/c1-17(26-25(28)21-10-7-13-31-21)24-20-15-23(30-3)22(29-2)14-19(20)11-12-27(24)16-18-8-5-4-6-9-18/h4-10,13-15,17,24H,11-12,16H2,1-3H3,(H,26,28)/t17-,24+/m0/s1. The molecule has 0 aliphatic carbocycles. The molecule has 6 heteroatoms. The summed E-state index contributed by atoms with van der Waals surface area (Å²) in [4.78, 5) is 15.1. The highest BCUT2D eigenvalue weighted by Gasteiger charge is 2.34. The molecule has 1 N–H and O–H groups in total. The van der Waals surface area contributed by atoms with E-state index in [1.165, 1.54) is 17.4 Å². The quantitative estimate of drug-likeness (QED) is 0.620. The zero-order valence-corrected chi connectivity index (χ0v) is 18.1. The number of ether oxygens (including phenoxy) is 2. The Morgan fingerprint density at radius 3 is 2.55 bits per heavy atom. The van der Waals surface area contributed by atoms with Gasteiger partial charge in [-0.1, -0.05) is 30.3 Å². The highest BCUT2D eigenvalue weighted by molar-refractivity contribution is 5.91. The Morgan fingerprint density at radius 2 is 1.87 bits per heavy atom. The van der Waals surface area contributed by atoms with Crippen molar-refractivity contribution in [2.75, 3.05) is 20.8 Å². The first kappa shape index (κ1) is 21.0. The molecule has 2 atom stereocenters. The maximum Gasteiger partial charge on any atom is 0.287 e. The number of benzene rings is 2. The number of nitrogens with one attached hydrogen (secondary N) is 1. The first-order valence-corrected chi connectivity index (χ1v) is 10.5. The summed E-state index contributed by atoms with van der Waals surface area (Å²) < 4.78 is 16.4. The molecule has 2 heterocycles. The number of furan rings is 1. The van der Waals surface area contributed by atoms with Crippen LogP contribution in [0.3, 0.4) is 0 Å². The molecule has 4 rings (SSSR count). The van der Waals surface area contributed by atoms with E-state index in [1.54, 1.807) is 26.4 Å². The third-order valence-electron chi connectivity index (χ3n) is 5.83. The normalized spacial score (nSPS) is 16.9. The van der Waals surface area contributed by atoms with Gasteiger partial charge in [0.2, 0.25) is 0 Å². The Morgan fingerprint density at radius 1 is 1.13 bits per heavy atom. The minimum atomic E-state index is -0.218. The van der Waals surface area contributed by atoms with Crippen molar-refractivity contribution >= 4 is 5.91 Å². The number of methoxy groups -OCH3 is 2. The van der Waals surface area contributed by atoms with Gasteiger partial charge in [0.25, 0.3) is 5.91 Å². The molecule has 0 bridgehead atoms. The summed E-state index contributed by atoms with van der Waals surface area (Å²) in [6, 6.07) is 17.7. The van der Waals surface area contributed by atoms with Gasteiger partial charge in [-0.25, -0.2) is 0 Å². The molecule has 31 heavy (non-hydrogen) atoms. The summed E-state index contributed by atoms with van der Waals surface area (Å²) in [5.41, 5.74) is 3.60. The number of rotatable bonds is 7. The smallest absolute Gasteiger partial charge is 0.287 e. The number of amides is 1. The molecule has 2 aromatic carbocycles. The number of hydrogen-bond donors (Lipinski definition) is 1. The molecule has 0 saturated heterocycles. The Hall–Kier alpha value is -3.25. The molecule has 3 aromatic rings. The Labute approximate surface area is 182 Å². The lowest BCUT2D eigenvalue weighted by atomic mass is 9.87. The zero-order chi connectivity index (χ0) is 21.8. The van der Waals surface area contributed by atoms with E-state index in [-0.39, 0.29) is 18.0 Å². The number of hydrogen-bond acceptors (Lipinski definition) is 5. The minimum Gasteiger partial charge on any atom is -0.493 e. The second-order valence-electron chi connectivity index (χ2n) is 7.80. The van der Waals surface area contributed by atoms with Gasteiger partial charge in [0, 0.05) is 19.1 Å². The van der Waals surface area contributed by atoms with Crippen LogP contribution in [0.25, 0.3) is 0 Å². The molecule has 6 nitrogen and oxygen atoms in total. The van der Waals surface area contributed by atoms with Crippen LogP contribution in [0, 0.1) is 0 Å². The van der Waals surface area contributed by atoms with Gasteiger partial charge in [0.15, 0.2) is 17.3 Å². The first-order valence-electron chi connectivity index (χ1n) is 10.5. The maximum absolute atomic E-state index is 12.7. The molecule has 1 aliphatic rings. The highest BCUT2D eigenvalue weighted by Crippen LogP contribution is 2.40. The third-order valence-corrected chi connectivity index (χ3v) is 5.83. The average Bonchev–Trinajstić information content (AvgIpc) is 3.33. The molecular formula is C25H28N2O4. The van der Waals surface area contributed by atoms with Crippen LogP contribution in [0.15, 0.2) is 65.3 Å². The van der Waals surface area contributed by atoms with E-state index < -0.39 is 0 Å². The second kappa shape index (κ2) is 9.27. The third kappa shape index (κ3) is 4.44. The number of fused-ring (bicyclic) bond motifs is 1. The summed E-state index contributed by atoms with van der Waals surface area (Å²) in [5.74, 6) is 1.51. The lowest BCUT2D eigenvalue weighted by Crippen LogP contribution is -2.47. The summed E-state index contributed by atoms with van der Waals surface area (Å²) in [7, 11) is 3.30. The van der Waals surface area contributed by atoms with Crippen LogP contribution in [0.1, 0.15) is 40.2 Å². The summed E-state index contributed by atoms with van der Waals surface area (Å²) in [5, 5.41) is 3.13. The van der Waals surface area contributed by atoms with Gasteiger partial charge in [0.1, 0.15) is 0 Å². The molecule has 0 fully saturated rings. The van der Waals surface area contributed by atoms with Crippen LogP contribution in [-0.2, 0) is 13.0 Å². The summed E-state index contributed by atoms with van der Waals surface area (Å²) in [6.07, 6.45) is 2.41. The predicted octanol–water partition coefficient (Wildman–Crippen LogP) is 4.21. The monoisotopic (exact) mass is 420 g/mol. The van der Waals surface area contributed by atoms with E-state index in [0.717, 1.165) is 30.8 Å². The van der Waals surface area contributed by atoms with Crippen LogP contribution in [-0.4, -0.2) is 37.6 Å². The van der Waals surface area contributed by atoms with Crippen molar-refractivity contribution in [2.24, 2.45) is 0 Å². The van der Waals surface area contributed by atoms with Gasteiger partial charge in [0.05, 0.1) is 26.5 Å². The van der Waals surface area contributed by atoms with Crippen molar-refractivity contribution in [3.8, 4) is 11.5 Å². The maximum atomic E-state index is 12.7. The largest absolute Gasteiger partial charge is 0.493 e. The van der Waals surface area contributed by atoms with Crippen LogP contribution < -0.4 is 14.8 Å². The summed E-state index contributed by atoms with van der Waals surface area (Å²) in [6.45, 7) is 3.71. The molecular weight excluding hydrogens is 392 g/mol. The predicted molar refractivity (Wildman–Crippen MR) is 118 cm³/mol. The van der Waals surface area contributed by atoms with E-state index >= 15 is 0 Å². The van der Waals surface area contributed by atoms with Gasteiger partial charge < -0.3 is 19.2 Å². The summed E-state index contributed by atoms with van der Waals surface area (Å²) >= 11 is 0. The Balaban J connectivity index is 1.68. The van der Waals surface area contributed by atoms with E-state index in [2.05, 4.69) is 40.5 Å². The van der Waals surface area contributed by atoms with Gasteiger partial charge in [-0.3, -0.25) is 9.69 Å². The van der Waals surface area contributed by atoms with E-state index in [9.17, 15) is 4.79 Å². The van der Waals surface area contributed by atoms with Crippen molar-refractivity contribution in [3.63, 3.8) is 0 Å². The number of carbonyl (C=O) groups excluding carboxylic acids is 1. The van der Waals surface area contributed by atoms with Crippen LogP contribution in [0.2, 0.25) is 0 Å².